The molecule has 1 saturated heterocycles. The minimum Gasteiger partial charge on any atom is -0.357 e. The number of halogens is 1. The fourth-order valence-corrected chi connectivity index (χ4v) is 3.23. The summed E-state index contributed by atoms with van der Waals surface area (Å²) in [6.07, 6.45) is 6.51. The van der Waals surface area contributed by atoms with Crippen molar-refractivity contribution >= 4 is 41.8 Å². The molecule has 24 heavy (non-hydrogen) atoms. The number of amides is 2. The molecule has 2 N–H and O–H groups in total. The van der Waals surface area contributed by atoms with Crippen LogP contribution in [0.15, 0.2) is 4.99 Å². The van der Waals surface area contributed by atoms with Crippen LogP contribution in [0.3, 0.4) is 0 Å². The Bertz CT molecular complexity index is 432. The summed E-state index contributed by atoms with van der Waals surface area (Å²) in [5.41, 5.74) is 0. The van der Waals surface area contributed by atoms with Crippen LogP contribution in [0.4, 0.5) is 0 Å². The van der Waals surface area contributed by atoms with Crippen LogP contribution in [-0.4, -0.2) is 48.3 Å². The van der Waals surface area contributed by atoms with Gasteiger partial charge in [-0.1, -0.05) is 6.92 Å². The summed E-state index contributed by atoms with van der Waals surface area (Å²) in [6.45, 7) is 5.99. The maximum atomic E-state index is 11.8. The summed E-state index contributed by atoms with van der Waals surface area (Å²) in [4.78, 5) is 29.5. The summed E-state index contributed by atoms with van der Waals surface area (Å²) < 4.78 is 0. The molecule has 1 aliphatic heterocycles. The van der Waals surface area contributed by atoms with Gasteiger partial charge in [0, 0.05) is 32.0 Å². The third-order valence-electron chi connectivity index (χ3n) is 4.68. The quantitative estimate of drug-likeness (QED) is 0.292. The number of aliphatic imine (C=N–C) groups is 1. The molecule has 0 bridgehead atoms. The van der Waals surface area contributed by atoms with Crippen LogP contribution in [0.25, 0.3) is 0 Å². The SMILES string of the molecule is CCNC(=NCCN1C(=O)CCCC1=O)NC1CCC(C)CC1.I. The Labute approximate surface area is 162 Å². The fourth-order valence-electron chi connectivity index (χ4n) is 3.23. The molecule has 1 saturated carbocycles. The van der Waals surface area contributed by atoms with Crippen molar-refractivity contribution in [3.8, 4) is 0 Å². The van der Waals surface area contributed by atoms with Crippen LogP contribution in [0.2, 0.25) is 0 Å². The lowest BCUT2D eigenvalue weighted by Gasteiger charge is -2.28. The molecule has 0 unspecified atom stereocenters. The maximum Gasteiger partial charge on any atom is 0.229 e. The third kappa shape index (κ3) is 6.57. The molecule has 2 amide bonds. The second-order valence-corrected chi connectivity index (χ2v) is 6.65. The van der Waals surface area contributed by atoms with E-state index in [4.69, 9.17) is 0 Å². The Hall–Kier alpha value is -0.860. The minimum absolute atomic E-state index is 0. The Morgan fingerprint density at radius 3 is 2.38 bits per heavy atom. The molecule has 1 aliphatic carbocycles. The van der Waals surface area contributed by atoms with Crippen molar-refractivity contribution in [1.29, 1.82) is 0 Å². The second kappa shape index (κ2) is 10.9. The number of carbonyl (C=O) groups excluding carboxylic acids is 2. The van der Waals surface area contributed by atoms with Gasteiger partial charge in [0.2, 0.25) is 11.8 Å². The summed E-state index contributed by atoms with van der Waals surface area (Å²) in [6, 6.07) is 0.474. The number of hydrogen-bond acceptors (Lipinski definition) is 3. The average Bonchev–Trinajstić information content (AvgIpc) is 2.52. The molecule has 138 valence electrons. The standard InChI is InChI=1S/C17H30N4O2.HI/c1-3-18-17(20-14-9-7-13(2)8-10-14)19-11-12-21-15(22)5-4-6-16(21)23;/h13-14H,3-12H2,1-2H3,(H2,18,19,20);1H. The van der Waals surface area contributed by atoms with Crippen LogP contribution in [-0.2, 0) is 9.59 Å². The molecule has 0 atom stereocenters. The highest BCUT2D eigenvalue weighted by molar-refractivity contribution is 14.0. The topological polar surface area (TPSA) is 73.8 Å². The summed E-state index contributed by atoms with van der Waals surface area (Å²) in [5, 5.41) is 6.74. The molecule has 2 fully saturated rings. The predicted molar refractivity (Wildman–Crippen MR) is 107 cm³/mol. The first-order valence-corrected chi connectivity index (χ1v) is 8.98. The number of piperidine rings is 1. The highest BCUT2D eigenvalue weighted by atomic mass is 127. The number of imide groups is 1. The first-order valence-electron chi connectivity index (χ1n) is 8.98. The Balaban J connectivity index is 0.00000288. The van der Waals surface area contributed by atoms with Crippen molar-refractivity contribution in [2.24, 2.45) is 10.9 Å². The van der Waals surface area contributed by atoms with Crippen molar-refractivity contribution in [3.63, 3.8) is 0 Å². The van der Waals surface area contributed by atoms with E-state index in [1.807, 2.05) is 6.92 Å². The van der Waals surface area contributed by atoms with E-state index < -0.39 is 0 Å². The highest BCUT2D eigenvalue weighted by Crippen LogP contribution is 2.23. The maximum absolute atomic E-state index is 11.8. The van der Waals surface area contributed by atoms with Crippen molar-refractivity contribution in [3.05, 3.63) is 0 Å². The van der Waals surface area contributed by atoms with Crippen molar-refractivity contribution in [2.45, 2.75) is 64.8 Å². The molecular weight excluding hydrogens is 419 g/mol. The monoisotopic (exact) mass is 450 g/mol. The van der Waals surface area contributed by atoms with Crippen LogP contribution >= 0.6 is 24.0 Å². The van der Waals surface area contributed by atoms with Gasteiger partial charge in [0.1, 0.15) is 0 Å². The molecule has 0 radical (unpaired) electrons. The molecule has 6 nitrogen and oxygen atoms in total. The lowest BCUT2D eigenvalue weighted by molar-refractivity contribution is -0.147. The van der Waals surface area contributed by atoms with Crippen LogP contribution < -0.4 is 10.6 Å². The van der Waals surface area contributed by atoms with Crippen LogP contribution in [0, 0.1) is 5.92 Å². The van der Waals surface area contributed by atoms with Gasteiger partial charge in [0.15, 0.2) is 5.96 Å². The minimum atomic E-state index is -0.0596. The first-order chi connectivity index (χ1) is 11.1. The van der Waals surface area contributed by atoms with Crippen LogP contribution in [0.5, 0.6) is 0 Å². The molecular formula is C17H31IN4O2. The lowest BCUT2D eigenvalue weighted by atomic mass is 9.87. The largest absolute Gasteiger partial charge is 0.357 e. The van der Waals surface area contributed by atoms with E-state index in [0.29, 0.717) is 38.4 Å². The van der Waals surface area contributed by atoms with Gasteiger partial charge in [-0.15, -0.1) is 24.0 Å². The summed E-state index contributed by atoms with van der Waals surface area (Å²) >= 11 is 0. The van der Waals surface area contributed by atoms with Gasteiger partial charge in [0.25, 0.3) is 0 Å². The van der Waals surface area contributed by atoms with Crippen LogP contribution in [0.1, 0.15) is 58.8 Å². The first kappa shape index (κ1) is 21.2. The summed E-state index contributed by atoms with van der Waals surface area (Å²) in [5.74, 6) is 1.50. The number of nitrogens with zero attached hydrogens (tertiary/aromatic N) is 2. The van der Waals surface area contributed by atoms with E-state index in [9.17, 15) is 9.59 Å². The summed E-state index contributed by atoms with van der Waals surface area (Å²) in [7, 11) is 0. The van der Waals surface area contributed by atoms with Gasteiger partial charge in [-0.25, -0.2) is 0 Å². The number of carbonyl (C=O) groups is 2. The molecule has 2 aliphatic rings. The van der Waals surface area contributed by atoms with E-state index in [1.165, 1.54) is 30.6 Å². The van der Waals surface area contributed by atoms with E-state index in [2.05, 4.69) is 22.5 Å². The number of rotatable bonds is 5. The molecule has 2 rings (SSSR count). The smallest absolute Gasteiger partial charge is 0.229 e. The van der Waals surface area contributed by atoms with Crippen molar-refractivity contribution in [2.75, 3.05) is 19.6 Å². The van der Waals surface area contributed by atoms with E-state index in [-0.39, 0.29) is 35.8 Å². The van der Waals surface area contributed by atoms with Gasteiger partial charge in [0.05, 0.1) is 6.54 Å². The zero-order valence-electron chi connectivity index (χ0n) is 14.8. The van der Waals surface area contributed by atoms with Gasteiger partial charge in [-0.2, -0.15) is 0 Å². The van der Waals surface area contributed by atoms with Gasteiger partial charge in [-0.3, -0.25) is 19.5 Å². The molecule has 1 heterocycles. The normalized spacial score (nSPS) is 25.2. The van der Waals surface area contributed by atoms with Crippen molar-refractivity contribution < 1.29 is 9.59 Å². The zero-order chi connectivity index (χ0) is 16.7. The number of hydrogen-bond donors (Lipinski definition) is 2. The fraction of sp³-hybridized carbons (Fsp3) is 0.824. The third-order valence-corrected chi connectivity index (χ3v) is 4.68. The Kier molecular flexibility index (Phi) is 9.61. The number of nitrogens with one attached hydrogen (secondary N) is 2. The van der Waals surface area contributed by atoms with E-state index in [1.54, 1.807) is 0 Å². The molecule has 0 aromatic carbocycles. The predicted octanol–water partition coefficient (Wildman–Crippen LogP) is 2.28. The number of guanidine groups is 1. The number of likely N-dealkylation sites (tertiary alicyclic amines) is 1. The highest BCUT2D eigenvalue weighted by Gasteiger charge is 2.25. The van der Waals surface area contributed by atoms with E-state index >= 15 is 0 Å². The molecule has 0 aromatic rings. The molecule has 0 spiro atoms. The van der Waals surface area contributed by atoms with Gasteiger partial charge >= 0.3 is 0 Å². The lowest BCUT2D eigenvalue weighted by Crippen LogP contribution is -2.45. The van der Waals surface area contributed by atoms with Crippen molar-refractivity contribution in [1.82, 2.24) is 15.5 Å². The average molecular weight is 450 g/mol. The Morgan fingerprint density at radius 1 is 1.17 bits per heavy atom. The van der Waals surface area contributed by atoms with Gasteiger partial charge in [-0.05, 0) is 44.9 Å². The second-order valence-electron chi connectivity index (χ2n) is 6.65. The van der Waals surface area contributed by atoms with Gasteiger partial charge < -0.3 is 10.6 Å². The Morgan fingerprint density at radius 2 is 1.79 bits per heavy atom. The van der Waals surface area contributed by atoms with E-state index in [0.717, 1.165) is 18.4 Å². The molecule has 7 heteroatoms. The molecule has 0 aromatic heterocycles. The zero-order valence-corrected chi connectivity index (χ0v) is 17.2.